The number of halogens is 2. The molecule has 0 aliphatic heterocycles. The van der Waals surface area contributed by atoms with Gasteiger partial charge in [0, 0.05) is 10.6 Å². The van der Waals surface area contributed by atoms with Gasteiger partial charge in [0.25, 0.3) is 0 Å². The number of hydrogen-bond acceptors (Lipinski definition) is 2. The Kier molecular flexibility index (Phi) is 4.71. The van der Waals surface area contributed by atoms with Crippen LogP contribution in [0.4, 0.5) is 9.18 Å². The van der Waals surface area contributed by atoms with E-state index in [1.165, 1.54) is 18.2 Å². The van der Waals surface area contributed by atoms with Gasteiger partial charge in [-0.3, -0.25) is 0 Å². The van der Waals surface area contributed by atoms with Crippen LogP contribution >= 0.6 is 11.6 Å². The van der Waals surface area contributed by atoms with Crippen LogP contribution in [0, 0.1) is 12.7 Å². The fourth-order valence-corrected chi connectivity index (χ4v) is 2.49. The molecule has 0 atom stereocenters. The van der Waals surface area contributed by atoms with Crippen LogP contribution in [0.5, 0.6) is 5.75 Å². The minimum atomic E-state index is -0.940. The van der Waals surface area contributed by atoms with Gasteiger partial charge in [0.15, 0.2) is 0 Å². The van der Waals surface area contributed by atoms with Gasteiger partial charge in [0.1, 0.15) is 11.6 Å². The Balaban J connectivity index is 2.72. The van der Waals surface area contributed by atoms with Crippen molar-refractivity contribution in [3.05, 3.63) is 52.3 Å². The van der Waals surface area contributed by atoms with Crippen molar-refractivity contribution in [1.29, 1.82) is 0 Å². The molecule has 0 radical (unpaired) electrons. The second-order valence-electron chi connectivity index (χ2n) is 5.40. The van der Waals surface area contributed by atoms with Gasteiger partial charge in [-0.15, -0.1) is 0 Å². The number of aryl methyl sites for hydroxylation is 1. The first-order chi connectivity index (χ1) is 10.3. The summed E-state index contributed by atoms with van der Waals surface area (Å²) in [7, 11) is 0. The van der Waals surface area contributed by atoms with Gasteiger partial charge < -0.3 is 10.5 Å². The second-order valence-corrected chi connectivity index (χ2v) is 5.81. The van der Waals surface area contributed by atoms with Crippen LogP contribution in [0.15, 0.2) is 30.3 Å². The van der Waals surface area contributed by atoms with Crippen molar-refractivity contribution in [3.8, 4) is 16.9 Å². The van der Waals surface area contributed by atoms with Gasteiger partial charge in [-0.25, -0.2) is 9.18 Å². The first kappa shape index (κ1) is 16.3. The standard InChI is InChI=1S/C17H17ClFNO2/c1-9(2)12-8-15(18)10(3)6-13(12)14-7-11(19)4-5-16(14)22-17(20)21/h4-9H,1-3H3,(H2,20,21). The highest BCUT2D eigenvalue weighted by Gasteiger charge is 2.17. The van der Waals surface area contributed by atoms with Crippen LogP contribution in [0.3, 0.4) is 0 Å². The number of nitrogens with two attached hydrogens (primary N) is 1. The number of ether oxygens (including phenoxy) is 1. The molecule has 0 fully saturated rings. The molecule has 0 spiro atoms. The number of hydrogen-bond donors (Lipinski definition) is 1. The molecule has 2 rings (SSSR count). The van der Waals surface area contributed by atoms with E-state index in [1.807, 2.05) is 32.9 Å². The summed E-state index contributed by atoms with van der Waals surface area (Å²) in [4.78, 5) is 11.1. The van der Waals surface area contributed by atoms with Crippen molar-refractivity contribution in [2.24, 2.45) is 5.73 Å². The zero-order valence-electron chi connectivity index (χ0n) is 12.6. The average Bonchev–Trinajstić information content (AvgIpc) is 2.42. The number of primary amides is 1. The van der Waals surface area contributed by atoms with E-state index in [0.717, 1.165) is 16.7 Å². The Hall–Kier alpha value is -2.07. The Morgan fingerprint density at radius 1 is 1.23 bits per heavy atom. The average molecular weight is 322 g/mol. The van der Waals surface area contributed by atoms with Gasteiger partial charge in [-0.2, -0.15) is 0 Å². The van der Waals surface area contributed by atoms with E-state index in [1.54, 1.807) is 0 Å². The van der Waals surface area contributed by atoms with Gasteiger partial charge in [-0.1, -0.05) is 25.4 Å². The Morgan fingerprint density at radius 2 is 1.91 bits per heavy atom. The molecule has 2 aromatic rings. The molecule has 0 heterocycles. The fraction of sp³-hybridized carbons (Fsp3) is 0.235. The Morgan fingerprint density at radius 3 is 2.50 bits per heavy atom. The van der Waals surface area contributed by atoms with Crippen molar-refractivity contribution in [2.75, 3.05) is 0 Å². The van der Waals surface area contributed by atoms with E-state index in [9.17, 15) is 9.18 Å². The Labute approximate surface area is 133 Å². The number of benzene rings is 2. The first-order valence-corrected chi connectivity index (χ1v) is 7.24. The fourth-order valence-electron chi connectivity index (χ4n) is 2.32. The summed E-state index contributed by atoms with van der Waals surface area (Å²) in [5, 5.41) is 0.640. The lowest BCUT2D eigenvalue weighted by Crippen LogP contribution is -2.16. The summed E-state index contributed by atoms with van der Waals surface area (Å²) >= 11 is 6.19. The number of amides is 1. The SMILES string of the molecule is Cc1cc(-c2cc(F)ccc2OC(N)=O)c(C(C)C)cc1Cl. The van der Waals surface area contributed by atoms with Crippen molar-refractivity contribution >= 4 is 17.7 Å². The van der Waals surface area contributed by atoms with Crippen LogP contribution in [0.25, 0.3) is 11.1 Å². The molecule has 0 saturated heterocycles. The maximum atomic E-state index is 13.7. The topological polar surface area (TPSA) is 52.3 Å². The third-order valence-electron chi connectivity index (χ3n) is 3.40. The monoisotopic (exact) mass is 321 g/mol. The summed E-state index contributed by atoms with van der Waals surface area (Å²) in [6.07, 6.45) is -0.940. The molecule has 0 saturated carbocycles. The lowest BCUT2D eigenvalue weighted by atomic mass is 9.90. The van der Waals surface area contributed by atoms with Gasteiger partial charge in [-0.05, 0) is 59.9 Å². The molecule has 0 unspecified atom stereocenters. The lowest BCUT2D eigenvalue weighted by Gasteiger charge is -2.17. The summed E-state index contributed by atoms with van der Waals surface area (Å²) in [6, 6.07) is 7.66. The summed E-state index contributed by atoms with van der Waals surface area (Å²) < 4.78 is 18.7. The highest BCUT2D eigenvalue weighted by Crippen LogP contribution is 2.38. The zero-order chi connectivity index (χ0) is 16.4. The van der Waals surface area contributed by atoms with Crippen LogP contribution in [0.1, 0.15) is 30.9 Å². The molecule has 3 nitrogen and oxygen atoms in total. The molecule has 0 aromatic heterocycles. The van der Waals surface area contributed by atoms with Crippen LogP contribution in [0.2, 0.25) is 5.02 Å². The summed E-state index contributed by atoms with van der Waals surface area (Å²) in [5.41, 5.74) is 8.13. The van der Waals surface area contributed by atoms with Crippen LogP contribution in [-0.4, -0.2) is 6.09 Å². The van der Waals surface area contributed by atoms with Crippen molar-refractivity contribution < 1.29 is 13.9 Å². The predicted molar refractivity (Wildman–Crippen MR) is 85.9 cm³/mol. The third-order valence-corrected chi connectivity index (χ3v) is 3.80. The van der Waals surface area contributed by atoms with E-state index in [0.29, 0.717) is 10.6 Å². The smallest absolute Gasteiger partial charge is 0.409 e. The van der Waals surface area contributed by atoms with Crippen molar-refractivity contribution in [2.45, 2.75) is 26.7 Å². The molecule has 2 N–H and O–H groups in total. The Bertz CT molecular complexity index is 729. The van der Waals surface area contributed by atoms with Gasteiger partial charge in [0.2, 0.25) is 0 Å². The number of rotatable bonds is 3. The molecular weight excluding hydrogens is 305 g/mol. The molecule has 2 aromatic carbocycles. The normalized spacial score (nSPS) is 10.8. The largest absolute Gasteiger partial charge is 0.410 e. The molecule has 5 heteroatoms. The molecule has 1 amide bonds. The number of carbonyl (C=O) groups is 1. The molecule has 116 valence electrons. The minimum Gasteiger partial charge on any atom is -0.410 e. The van der Waals surface area contributed by atoms with E-state index in [4.69, 9.17) is 22.1 Å². The minimum absolute atomic E-state index is 0.165. The molecular formula is C17H17ClFNO2. The maximum absolute atomic E-state index is 13.7. The van der Waals surface area contributed by atoms with Crippen molar-refractivity contribution in [1.82, 2.24) is 0 Å². The van der Waals surface area contributed by atoms with Gasteiger partial charge in [0.05, 0.1) is 0 Å². The van der Waals surface area contributed by atoms with E-state index in [2.05, 4.69) is 0 Å². The quantitative estimate of drug-likeness (QED) is 0.861. The van der Waals surface area contributed by atoms with E-state index < -0.39 is 11.9 Å². The highest BCUT2D eigenvalue weighted by molar-refractivity contribution is 6.31. The van der Waals surface area contributed by atoms with Crippen LogP contribution < -0.4 is 10.5 Å². The second kappa shape index (κ2) is 6.36. The lowest BCUT2D eigenvalue weighted by molar-refractivity contribution is 0.211. The molecule has 0 bridgehead atoms. The molecule has 22 heavy (non-hydrogen) atoms. The highest BCUT2D eigenvalue weighted by atomic mass is 35.5. The predicted octanol–water partition coefficient (Wildman–Crippen LogP) is 5.04. The molecule has 0 aliphatic carbocycles. The van der Waals surface area contributed by atoms with E-state index in [-0.39, 0.29) is 11.7 Å². The van der Waals surface area contributed by atoms with Crippen LogP contribution in [-0.2, 0) is 0 Å². The van der Waals surface area contributed by atoms with Gasteiger partial charge >= 0.3 is 6.09 Å². The maximum Gasteiger partial charge on any atom is 0.409 e. The third kappa shape index (κ3) is 3.39. The zero-order valence-corrected chi connectivity index (χ0v) is 13.4. The van der Waals surface area contributed by atoms with E-state index >= 15 is 0 Å². The summed E-state index contributed by atoms with van der Waals surface area (Å²) in [5.74, 6) is -0.0375. The first-order valence-electron chi connectivity index (χ1n) is 6.87. The number of carbonyl (C=O) groups excluding carboxylic acids is 1. The molecule has 0 aliphatic rings. The summed E-state index contributed by atoms with van der Waals surface area (Å²) in [6.45, 7) is 5.89. The van der Waals surface area contributed by atoms with Crippen molar-refractivity contribution in [3.63, 3.8) is 0 Å².